The van der Waals surface area contributed by atoms with Gasteiger partial charge in [-0.15, -0.1) is 0 Å². The molecule has 0 unspecified atom stereocenters. The number of hydrogen-bond donors (Lipinski definition) is 1. The summed E-state index contributed by atoms with van der Waals surface area (Å²) >= 11 is 0. The summed E-state index contributed by atoms with van der Waals surface area (Å²) in [7, 11) is 5.47. The first-order valence-corrected chi connectivity index (χ1v) is 6.23. The fourth-order valence-corrected chi connectivity index (χ4v) is 1.83. The molecule has 0 atom stereocenters. The molecular weight excluding hydrogens is 254 g/mol. The maximum atomic E-state index is 12.1. The third kappa shape index (κ3) is 2.88. The Morgan fingerprint density at radius 3 is 2.65 bits per heavy atom. The van der Waals surface area contributed by atoms with Crippen molar-refractivity contribution in [2.45, 2.75) is 0 Å². The molecule has 2 aromatic rings. The van der Waals surface area contributed by atoms with Crippen LogP contribution < -0.4 is 15.8 Å². The van der Waals surface area contributed by atoms with E-state index < -0.39 is 5.91 Å². The first-order chi connectivity index (χ1) is 9.49. The van der Waals surface area contributed by atoms with Crippen LogP contribution in [-0.2, 0) is 7.05 Å². The molecule has 1 heterocycles. The summed E-state index contributed by atoms with van der Waals surface area (Å²) in [5, 5.41) is 2.74. The summed E-state index contributed by atoms with van der Waals surface area (Å²) in [6.45, 7) is 0. The second kappa shape index (κ2) is 5.61. The van der Waals surface area contributed by atoms with E-state index in [-0.39, 0.29) is 11.1 Å². The summed E-state index contributed by atoms with van der Waals surface area (Å²) in [5.41, 5.74) is 1.45. The summed E-state index contributed by atoms with van der Waals surface area (Å²) in [4.78, 5) is 25.9. The number of nitrogens with zero attached hydrogens (tertiary/aromatic N) is 2. The molecule has 0 aliphatic heterocycles. The topological polar surface area (TPSA) is 54.3 Å². The molecule has 0 radical (unpaired) electrons. The molecule has 1 aromatic heterocycles. The molecule has 104 valence electrons. The predicted molar refractivity (Wildman–Crippen MR) is 80.4 cm³/mol. The van der Waals surface area contributed by atoms with Crippen molar-refractivity contribution >= 4 is 17.3 Å². The average Bonchev–Trinajstić information content (AvgIpc) is 2.42. The first-order valence-electron chi connectivity index (χ1n) is 6.23. The lowest BCUT2D eigenvalue weighted by Gasteiger charge is -2.14. The van der Waals surface area contributed by atoms with Crippen LogP contribution in [0.2, 0.25) is 0 Å². The largest absolute Gasteiger partial charge is 0.378 e. The van der Waals surface area contributed by atoms with E-state index in [0.29, 0.717) is 5.69 Å². The molecule has 20 heavy (non-hydrogen) atoms. The number of hydrogen-bond acceptors (Lipinski definition) is 3. The molecule has 1 N–H and O–H groups in total. The van der Waals surface area contributed by atoms with Crippen LogP contribution in [0.25, 0.3) is 0 Å². The molecule has 0 bridgehead atoms. The molecule has 0 fully saturated rings. The summed E-state index contributed by atoms with van der Waals surface area (Å²) in [6, 6.07) is 10.6. The van der Waals surface area contributed by atoms with Gasteiger partial charge >= 0.3 is 0 Å². The molecule has 0 spiro atoms. The van der Waals surface area contributed by atoms with Gasteiger partial charge in [-0.3, -0.25) is 9.59 Å². The highest BCUT2D eigenvalue weighted by molar-refractivity contribution is 6.04. The SMILES string of the molecule is CN(C)c1cccc(NC(=O)c2cccn(C)c2=O)c1. The van der Waals surface area contributed by atoms with E-state index in [4.69, 9.17) is 0 Å². The van der Waals surface area contributed by atoms with Crippen LogP contribution in [0, 0.1) is 0 Å². The van der Waals surface area contributed by atoms with Gasteiger partial charge < -0.3 is 14.8 Å². The van der Waals surface area contributed by atoms with E-state index >= 15 is 0 Å². The van der Waals surface area contributed by atoms with Crippen LogP contribution in [0.4, 0.5) is 11.4 Å². The minimum atomic E-state index is -0.401. The van der Waals surface area contributed by atoms with E-state index in [1.54, 1.807) is 25.4 Å². The maximum Gasteiger partial charge on any atom is 0.263 e. The van der Waals surface area contributed by atoms with Crippen molar-refractivity contribution in [3.05, 3.63) is 58.5 Å². The van der Waals surface area contributed by atoms with Crippen LogP contribution in [-0.4, -0.2) is 24.6 Å². The highest BCUT2D eigenvalue weighted by Crippen LogP contribution is 2.17. The van der Waals surface area contributed by atoms with Gasteiger partial charge in [0.05, 0.1) is 0 Å². The second-order valence-corrected chi connectivity index (χ2v) is 4.74. The number of pyridine rings is 1. The summed E-state index contributed by atoms with van der Waals surface area (Å²) in [6.07, 6.45) is 1.62. The molecular formula is C15H17N3O2. The fraction of sp³-hybridized carbons (Fsp3) is 0.200. The van der Waals surface area contributed by atoms with Gasteiger partial charge in [0.2, 0.25) is 0 Å². The zero-order valence-corrected chi connectivity index (χ0v) is 11.8. The highest BCUT2D eigenvalue weighted by Gasteiger charge is 2.11. The molecule has 1 amide bonds. The standard InChI is InChI=1S/C15H17N3O2/c1-17(2)12-7-4-6-11(10-12)16-14(19)13-8-5-9-18(3)15(13)20/h4-10H,1-3H3,(H,16,19). The van der Waals surface area contributed by atoms with Gasteiger partial charge in [-0.25, -0.2) is 0 Å². The number of rotatable bonds is 3. The van der Waals surface area contributed by atoms with Crippen molar-refractivity contribution in [2.24, 2.45) is 7.05 Å². The van der Waals surface area contributed by atoms with Crippen LogP contribution in [0.5, 0.6) is 0 Å². The lowest BCUT2D eigenvalue weighted by Crippen LogP contribution is -2.27. The Morgan fingerprint density at radius 1 is 1.20 bits per heavy atom. The lowest BCUT2D eigenvalue weighted by atomic mass is 10.2. The molecule has 0 saturated carbocycles. The van der Waals surface area contributed by atoms with Crippen molar-refractivity contribution in [1.82, 2.24) is 4.57 Å². The van der Waals surface area contributed by atoms with Gasteiger partial charge in [0.1, 0.15) is 5.56 Å². The van der Waals surface area contributed by atoms with Crippen molar-refractivity contribution < 1.29 is 4.79 Å². The molecule has 2 rings (SSSR count). The third-order valence-corrected chi connectivity index (χ3v) is 2.99. The van der Waals surface area contributed by atoms with Gasteiger partial charge in [0.25, 0.3) is 11.5 Å². The van der Waals surface area contributed by atoms with E-state index in [2.05, 4.69) is 5.32 Å². The van der Waals surface area contributed by atoms with Crippen LogP contribution in [0.1, 0.15) is 10.4 Å². The normalized spacial score (nSPS) is 10.2. The number of aryl methyl sites for hydroxylation is 1. The zero-order valence-electron chi connectivity index (χ0n) is 11.8. The van der Waals surface area contributed by atoms with E-state index in [0.717, 1.165) is 5.69 Å². The van der Waals surface area contributed by atoms with Crippen LogP contribution in [0.3, 0.4) is 0 Å². The number of carbonyl (C=O) groups excluding carboxylic acids is 1. The minimum absolute atomic E-state index is 0.130. The van der Waals surface area contributed by atoms with Gasteiger partial charge in [-0.1, -0.05) is 6.07 Å². The van der Waals surface area contributed by atoms with Gasteiger partial charge in [-0.2, -0.15) is 0 Å². The Morgan fingerprint density at radius 2 is 1.95 bits per heavy atom. The Kier molecular flexibility index (Phi) is 3.89. The Labute approximate surface area is 117 Å². The predicted octanol–water partition coefficient (Wildman–Crippen LogP) is 1.70. The van der Waals surface area contributed by atoms with Crippen molar-refractivity contribution in [3.8, 4) is 0 Å². The smallest absolute Gasteiger partial charge is 0.263 e. The van der Waals surface area contributed by atoms with Gasteiger partial charge in [0.15, 0.2) is 0 Å². The van der Waals surface area contributed by atoms with Gasteiger partial charge in [-0.05, 0) is 30.3 Å². The molecule has 5 nitrogen and oxygen atoms in total. The molecule has 0 aliphatic carbocycles. The Hall–Kier alpha value is -2.56. The Balaban J connectivity index is 2.26. The van der Waals surface area contributed by atoms with Crippen molar-refractivity contribution in [1.29, 1.82) is 0 Å². The van der Waals surface area contributed by atoms with Crippen molar-refractivity contribution in [2.75, 3.05) is 24.3 Å². The first kappa shape index (κ1) is 13.9. The quantitative estimate of drug-likeness (QED) is 0.924. The molecule has 0 aliphatic rings. The lowest BCUT2D eigenvalue weighted by molar-refractivity contribution is 0.102. The average molecular weight is 271 g/mol. The number of amides is 1. The van der Waals surface area contributed by atoms with Gasteiger partial charge in [0, 0.05) is 38.7 Å². The van der Waals surface area contributed by atoms with E-state index in [1.807, 2.05) is 37.2 Å². The highest BCUT2D eigenvalue weighted by atomic mass is 16.2. The van der Waals surface area contributed by atoms with Crippen LogP contribution in [0.15, 0.2) is 47.4 Å². The zero-order chi connectivity index (χ0) is 14.7. The number of nitrogens with one attached hydrogen (secondary N) is 1. The monoisotopic (exact) mass is 271 g/mol. The third-order valence-electron chi connectivity index (χ3n) is 2.99. The fourth-order valence-electron chi connectivity index (χ4n) is 1.83. The number of carbonyl (C=O) groups is 1. The van der Waals surface area contributed by atoms with E-state index in [9.17, 15) is 9.59 Å². The van der Waals surface area contributed by atoms with Crippen molar-refractivity contribution in [3.63, 3.8) is 0 Å². The summed E-state index contributed by atoms with van der Waals surface area (Å²) < 4.78 is 1.38. The number of benzene rings is 1. The second-order valence-electron chi connectivity index (χ2n) is 4.74. The summed E-state index contributed by atoms with van der Waals surface area (Å²) in [5.74, 6) is -0.401. The maximum absolute atomic E-state index is 12.1. The molecule has 1 aromatic carbocycles. The number of aromatic nitrogens is 1. The Bertz CT molecular complexity index is 690. The van der Waals surface area contributed by atoms with Crippen LogP contribution >= 0.6 is 0 Å². The molecule has 0 saturated heterocycles. The number of anilines is 2. The van der Waals surface area contributed by atoms with E-state index in [1.165, 1.54) is 10.6 Å². The molecule has 5 heteroatoms. The minimum Gasteiger partial charge on any atom is -0.378 e.